The maximum Gasteiger partial charge on any atom is 0.335 e. The Labute approximate surface area is 97.0 Å². The number of hydrogen-bond donors (Lipinski definition) is 1. The molecule has 1 atom stereocenters. The Morgan fingerprint density at radius 2 is 2.31 bits per heavy atom. The molecule has 0 bridgehead atoms. The number of aromatic nitrogens is 1. The zero-order valence-corrected chi connectivity index (χ0v) is 9.91. The fourth-order valence-corrected chi connectivity index (χ4v) is 2.71. The van der Waals surface area contributed by atoms with Gasteiger partial charge in [-0.05, 0) is 12.8 Å². The van der Waals surface area contributed by atoms with Gasteiger partial charge in [0.15, 0.2) is 6.10 Å². The van der Waals surface area contributed by atoms with E-state index in [1.54, 1.807) is 13.3 Å². The summed E-state index contributed by atoms with van der Waals surface area (Å²) < 4.78 is 9.55. The molecule has 1 fully saturated rings. The number of aliphatic hydroxyl groups is 1. The molecule has 1 heterocycles. The molecule has 0 spiro atoms. The number of nitrogens with zero attached hydrogens (tertiary/aromatic N) is 1. The second kappa shape index (κ2) is 4.03. The van der Waals surface area contributed by atoms with E-state index in [9.17, 15) is 9.90 Å². The van der Waals surface area contributed by atoms with Crippen LogP contribution in [0.3, 0.4) is 0 Å². The molecule has 1 aromatic heterocycles. The van der Waals surface area contributed by atoms with Crippen molar-refractivity contribution in [3.63, 3.8) is 0 Å². The van der Waals surface area contributed by atoms with Crippen molar-refractivity contribution in [2.75, 3.05) is 14.2 Å². The first-order chi connectivity index (χ1) is 7.64. The molecule has 1 unspecified atom stereocenters. The van der Waals surface area contributed by atoms with Crippen molar-refractivity contribution in [2.45, 2.75) is 24.4 Å². The average molecular weight is 243 g/mol. The van der Waals surface area contributed by atoms with E-state index < -0.39 is 17.5 Å². The number of carbonyl (C=O) groups excluding carboxylic acids is 1. The van der Waals surface area contributed by atoms with Crippen LogP contribution in [0.15, 0.2) is 6.20 Å². The number of methoxy groups -OCH3 is 2. The highest BCUT2D eigenvalue weighted by molar-refractivity contribution is 7.13. The normalized spacial score (nSPS) is 18.9. The number of esters is 1. The van der Waals surface area contributed by atoms with Crippen molar-refractivity contribution in [1.82, 2.24) is 4.98 Å². The van der Waals surface area contributed by atoms with Gasteiger partial charge in [-0.2, -0.15) is 0 Å². The predicted octanol–water partition coefficient (Wildman–Crippen LogP) is 0.717. The summed E-state index contributed by atoms with van der Waals surface area (Å²) in [4.78, 5) is 16.2. The average Bonchev–Trinajstić information content (AvgIpc) is 2.98. The lowest BCUT2D eigenvalue weighted by molar-refractivity contribution is -0.152. The Kier molecular flexibility index (Phi) is 2.86. The highest BCUT2D eigenvalue weighted by atomic mass is 32.1. The standard InChI is InChI=1S/C10H13NO4S/c1-14-8(13)7(12)10(3-4-10)6-5-11-9(15-2)16-6/h5,7,12H,3-4H2,1-2H3. The zero-order valence-electron chi connectivity index (χ0n) is 9.10. The summed E-state index contributed by atoms with van der Waals surface area (Å²) in [6, 6.07) is 0. The van der Waals surface area contributed by atoms with Crippen molar-refractivity contribution < 1.29 is 19.4 Å². The lowest BCUT2D eigenvalue weighted by Crippen LogP contribution is -2.34. The molecule has 88 valence electrons. The summed E-state index contributed by atoms with van der Waals surface area (Å²) in [5.74, 6) is -0.593. The van der Waals surface area contributed by atoms with Crippen LogP contribution in [0.5, 0.6) is 5.19 Å². The van der Waals surface area contributed by atoms with E-state index in [-0.39, 0.29) is 0 Å². The molecule has 0 amide bonds. The van der Waals surface area contributed by atoms with Crippen LogP contribution in [0.2, 0.25) is 0 Å². The number of aliphatic hydroxyl groups excluding tert-OH is 1. The van der Waals surface area contributed by atoms with Gasteiger partial charge >= 0.3 is 5.97 Å². The first-order valence-electron chi connectivity index (χ1n) is 4.90. The van der Waals surface area contributed by atoms with E-state index in [4.69, 9.17) is 4.74 Å². The summed E-state index contributed by atoms with van der Waals surface area (Å²) in [6.45, 7) is 0. The summed E-state index contributed by atoms with van der Waals surface area (Å²) in [5, 5.41) is 10.4. The van der Waals surface area contributed by atoms with Gasteiger partial charge in [0.25, 0.3) is 5.19 Å². The molecule has 1 saturated carbocycles. The van der Waals surface area contributed by atoms with E-state index >= 15 is 0 Å². The van der Waals surface area contributed by atoms with Crippen LogP contribution < -0.4 is 4.74 Å². The molecule has 0 radical (unpaired) electrons. The third-order valence-electron chi connectivity index (χ3n) is 2.89. The summed E-state index contributed by atoms with van der Waals surface area (Å²) in [5.41, 5.74) is -0.498. The lowest BCUT2D eigenvalue weighted by atomic mass is 9.98. The molecular formula is C10H13NO4S. The smallest absolute Gasteiger partial charge is 0.335 e. The molecule has 0 aliphatic heterocycles. The van der Waals surface area contributed by atoms with Gasteiger partial charge in [0.2, 0.25) is 0 Å². The van der Waals surface area contributed by atoms with Crippen molar-refractivity contribution in [2.24, 2.45) is 0 Å². The topological polar surface area (TPSA) is 68.7 Å². The summed E-state index contributed by atoms with van der Waals surface area (Å²) in [7, 11) is 2.81. The molecule has 1 aliphatic rings. The van der Waals surface area contributed by atoms with Gasteiger partial charge in [0.05, 0.1) is 14.2 Å². The van der Waals surface area contributed by atoms with Gasteiger partial charge < -0.3 is 14.6 Å². The second-order valence-corrected chi connectivity index (χ2v) is 4.77. The van der Waals surface area contributed by atoms with E-state index in [2.05, 4.69) is 9.72 Å². The van der Waals surface area contributed by atoms with Crippen LogP contribution in [0.4, 0.5) is 0 Å². The lowest BCUT2D eigenvalue weighted by Gasteiger charge is -2.17. The number of rotatable bonds is 4. The number of ether oxygens (including phenoxy) is 2. The fraction of sp³-hybridized carbons (Fsp3) is 0.600. The third kappa shape index (κ3) is 1.68. The quantitative estimate of drug-likeness (QED) is 0.789. The minimum atomic E-state index is -1.11. The Hall–Kier alpha value is -1.14. The summed E-state index contributed by atoms with van der Waals surface area (Å²) >= 11 is 1.36. The molecule has 0 aromatic carbocycles. The van der Waals surface area contributed by atoms with Crippen molar-refractivity contribution in [1.29, 1.82) is 0 Å². The zero-order chi connectivity index (χ0) is 11.8. The van der Waals surface area contributed by atoms with Gasteiger partial charge in [-0.3, -0.25) is 0 Å². The molecule has 0 saturated heterocycles. The fourth-order valence-electron chi connectivity index (χ4n) is 1.71. The number of hydrogen-bond acceptors (Lipinski definition) is 6. The molecule has 2 rings (SSSR count). The Morgan fingerprint density at radius 3 is 2.75 bits per heavy atom. The van der Waals surface area contributed by atoms with Gasteiger partial charge in [0, 0.05) is 16.5 Å². The minimum absolute atomic E-state index is 0.498. The van der Waals surface area contributed by atoms with E-state index in [0.29, 0.717) is 5.19 Å². The largest absolute Gasteiger partial charge is 0.473 e. The molecule has 1 aromatic rings. The Balaban J connectivity index is 2.22. The van der Waals surface area contributed by atoms with E-state index in [1.807, 2.05) is 0 Å². The predicted molar refractivity (Wildman–Crippen MR) is 57.6 cm³/mol. The number of carbonyl (C=O) groups is 1. The van der Waals surface area contributed by atoms with Crippen LogP contribution in [0, 0.1) is 0 Å². The Bertz CT molecular complexity index is 399. The van der Waals surface area contributed by atoms with Gasteiger partial charge in [-0.1, -0.05) is 11.3 Å². The van der Waals surface area contributed by atoms with Gasteiger partial charge in [-0.15, -0.1) is 0 Å². The van der Waals surface area contributed by atoms with Crippen LogP contribution >= 0.6 is 11.3 Å². The van der Waals surface area contributed by atoms with Gasteiger partial charge in [0.1, 0.15) is 0 Å². The van der Waals surface area contributed by atoms with Crippen molar-refractivity contribution >= 4 is 17.3 Å². The molecule has 1 N–H and O–H groups in total. The van der Waals surface area contributed by atoms with Crippen LogP contribution in [0.25, 0.3) is 0 Å². The second-order valence-electron chi connectivity index (χ2n) is 3.78. The first kappa shape index (κ1) is 11.3. The molecule has 5 nitrogen and oxygen atoms in total. The molecule has 16 heavy (non-hydrogen) atoms. The highest BCUT2D eigenvalue weighted by Crippen LogP contribution is 2.53. The molecule has 1 aliphatic carbocycles. The van der Waals surface area contributed by atoms with Crippen LogP contribution in [-0.2, 0) is 14.9 Å². The summed E-state index contributed by atoms with van der Waals surface area (Å²) in [6.07, 6.45) is 2.09. The first-order valence-corrected chi connectivity index (χ1v) is 5.72. The van der Waals surface area contributed by atoms with Crippen LogP contribution in [-0.4, -0.2) is 36.4 Å². The minimum Gasteiger partial charge on any atom is -0.473 e. The van der Waals surface area contributed by atoms with Gasteiger partial charge in [-0.25, -0.2) is 9.78 Å². The third-order valence-corrected chi connectivity index (χ3v) is 4.06. The van der Waals surface area contributed by atoms with Crippen LogP contribution in [0.1, 0.15) is 17.7 Å². The highest BCUT2D eigenvalue weighted by Gasteiger charge is 2.55. The van der Waals surface area contributed by atoms with Crippen molar-refractivity contribution in [3.05, 3.63) is 11.1 Å². The van der Waals surface area contributed by atoms with E-state index in [0.717, 1.165) is 17.7 Å². The maximum absolute atomic E-state index is 11.3. The Morgan fingerprint density at radius 1 is 1.62 bits per heavy atom. The monoisotopic (exact) mass is 243 g/mol. The maximum atomic E-state index is 11.3. The SMILES string of the molecule is COC(=O)C(O)C1(c2cnc(OC)s2)CC1. The van der Waals surface area contributed by atoms with Crippen molar-refractivity contribution in [3.8, 4) is 5.19 Å². The number of thiazole rings is 1. The molecule has 6 heteroatoms. The van der Waals surface area contributed by atoms with E-state index in [1.165, 1.54) is 18.4 Å². The molecular weight excluding hydrogens is 230 g/mol.